The number of alkyl halides is 1. The van der Waals surface area contributed by atoms with Crippen molar-refractivity contribution < 1.29 is 13.6 Å². The van der Waals surface area contributed by atoms with E-state index in [1.54, 1.807) is 24.3 Å². The average molecular weight is 380 g/mol. The van der Waals surface area contributed by atoms with Gasteiger partial charge < -0.3 is 14.6 Å². The maximum atomic E-state index is 15.1. The molecule has 0 unspecified atom stereocenters. The summed E-state index contributed by atoms with van der Waals surface area (Å²) in [5.41, 5.74) is -0.575. The molecule has 3 heterocycles. The number of fused-ring (bicyclic) bond motifs is 1. The Labute approximate surface area is 161 Å². The van der Waals surface area contributed by atoms with Crippen LogP contribution in [0.5, 0.6) is 0 Å². The van der Waals surface area contributed by atoms with Crippen molar-refractivity contribution in [2.75, 3.05) is 18.4 Å². The molecule has 2 aliphatic rings. The Morgan fingerprint density at radius 1 is 1.21 bits per heavy atom. The number of hydrogen-bond acceptors (Lipinski definition) is 5. The number of amides is 1. The lowest BCUT2D eigenvalue weighted by molar-refractivity contribution is -0.0237. The summed E-state index contributed by atoms with van der Waals surface area (Å²) in [5.74, 6) is 0.946. The summed E-state index contributed by atoms with van der Waals surface area (Å²) in [7, 11) is 0. The number of halogens is 1. The van der Waals surface area contributed by atoms with Crippen LogP contribution >= 0.6 is 0 Å². The molecular formula is C21H21FN4O2. The molecule has 1 aliphatic carbocycles. The predicted molar refractivity (Wildman–Crippen MR) is 103 cm³/mol. The van der Waals surface area contributed by atoms with Crippen LogP contribution in [0.1, 0.15) is 41.7 Å². The molecule has 1 N–H and O–H groups in total. The Morgan fingerprint density at radius 3 is 2.61 bits per heavy atom. The maximum Gasteiger partial charge on any atom is 0.292 e. The number of furan rings is 1. The molecular weight excluding hydrogens is 359 g/mol. The summed E-state index contributed by atoms with van der Waals surface area (Å²) >= 11 is 0. The summed E-state index contributed by atoms with van der Waals surface area (Å²) in [5, 5.41) is 4.16. The van der Waals surface area contributed by atoms with E-state index in [-0.39, 0.29) is 30.4 Å². The predicted octanol–water partition coefficient (Wildman–Crippen LogP) is 3.82. The Morgan fingerprint density at radius 2 is 1.93 bits per heavy atom. The quantitative estimate of drug-likeness (QED) is 0.745. The lowest BCUT2D eigenvalue weighted by Crippen LogP contribution is -2.59. The second kappa shape index (κ2) is 5.77. The van der Waals surface area contributed by atoms with E-state index in [4.69, 9.17) is 4.42 Å². The van der Waals surface area contributed by atoms with Gasteiger partial charge in [-0.2, -0.15) is 4.98 Å². The van der Waals surface area contributed by atoms with Crippen LogP contribution in [-0.2, 0) is 5.67 Å². The second-order valence-electron chi connectivity index (χ2n) is 8.15. The fourth-order valence-corrected chi connectivity index (χ4v) is 3.59. The van der Waals surface area contributed by atoms with E-state index >= 15 is 4.39 Å². The zero-order valence-electron chi connectivity index (χ0n) is 15.8. The van der Waals surface area contributed by atoms with Crippen molar-refractivity contribution >= 4 is 22.8 Å². The van der Waals surface area contributed by atoms with Crippen molar-refractivity contribution in [3.8, 4) is 0 Å². The Bertz CT molecular complexity index is 1070. The van der Waals surface area contributed by atoms with Crippen molar-refractivity contribution in [2.24, 2.45) is 0 Å². The summed E-state index contributed by atoms with van der Waals surface area (Å²) in [6.45, 7) is 3.93. The maximum absolute atomic E-state index is 15.1. The number of aryl methyl sites for hydroxylation is 1. The third-order valence-electron chi connectivity index (χ3n) is 5.59. The van der Waals surface area contributed by atoms with Crippen molar-refractivity contribution in [2.45, 2.75) is 37.9 Å². The number of hydrogen-bond donors (Lipinski definition) is 1. The van der Waals surface area contributed by atoms with Gasteiger partial charge in [-0.05, 0) is 38.3 Å². The standard InChI is InChI=1S/C21H21FN4O2/c1-13-10-15-16(25-20(2)8-9-20)23-17(24-18(15)28-13)19(27)26-11-21(22,12-26)14-6-4-3-5-7-14/h3-7,10H,8-9,11-12H2,1-2H3,(H,23,24,25). The smallest absolute Gasteiger partial charge is 0.292 e. The van der Waals surface area contributed by atoms with Gasteiger partial charge in [0.1, 0.15) is 11.6 Å². The first-order valence-corrected chi connectivity index (χ1v) is 9.45. The zero-order chi connectivity index (χ0) is 19.5. The van der Waals surface area contributed by atoms with E-state index in [0.717, 1.165) is 18.2 Å². The van der Waals surface area contributed by atoms with Gasteiger partial charge in [0.15, 0.2) is 5.67 Å². The first kappa shape index (κ1) is 17.2. The minimum absolute atomic E-state index is 0.00506. The first-order valence-electron chi connectivity index (χ1n) is 9.45. The van der Waals surface area contributed by atoms with Crippen LogP contribution in [0.25, 0.3) is 11.1 Å². The van der Waals surface area contributed by atoms with E-state index in [1.807, 2.05) is 19.1 Å². The van der Waals surface area contributed by atoms with E-state index in [9.17, 15) is 4.79 Å². The van der Waals surface area contributed by atoms with Crippen LogP contribution < -0.4 is 5.32 Å². The molecule has 28 heavy (non-hydrogen) atoms. The second-order valence-corrected chi connectivity index (χ2v) is 8.15. The summed E-state index contributed by atoms with van der Waals surface area (Å²) in [6.07, 6.45) is 2.10. The van der Waals surface area contributed by atoms with Gasteiger partial charge in [-0.25, -0.2) is 9.37 Å². The number of nitrogens with one attached hydrogen (secondary N) is 1. The SMILES string of the molecule is Cc1cc2c(NC3(C)CC3)nc(C(=O)N3CC(F)(c4ccccc4)C3)nc2o1. The minimum Gasteiger partial charge on any atom is -0.443 e. The van der Waals surface area contributed by atoms with Gasteiger partial charge >= 0.3 is 0 Å². The van der Waals surface area contributed by atoms with E-state index in [2.05, 4.69) is 22.2 Å². The average Bonchev–Trinajstić information content (AvgIpc) is 3.25. The molecule has 2 fully saturated rings. The number of carbonyl (C=O) groups excluding carboxylic acids is 1. The van der Waals surface area contributed by atoms with Crippen molar-refractivity contribution in [1.82, 2.24) is 14.9 Å². The third kappa shape index (κ3) is 2.82. The van der Waals surface area contributed by atoms with Crippen molar-refractivity contribution in [3.05, 3.63) is 53.5 Å². The van der Waals surface area contributed by atoms with Gasteiger partial charge in [0.25, 0.3) is 5.91 Å². The highest BCUT2D eigenvalue weighted by atomic mass is 19.1. The van der Waals surface area contributed by atoms with Gasteiger partial charge in [0, 0.05) is 5.54 Å². The van der Waals surface area contributed by atoms with Gasteiger partial charge in [-0.15, -0.1) is 0 Å². The van der Waals surface area contributed by atoms with Crippen LogP contribution in [0.3, 0.4) is 0 Å². The van der Waals surface area contributed by atoms with Gasteiger partial charge in [-0.1, -0.05) is 30.3 Å². The van der Waals surface area contributed by atoms with E-state index < -0.39 is 5.67 Å². The Kier molecular flexibility index (Phi) is 3.53. The number of benzene rings is 1. The summed E-state index contributed by atoms with van der Waals surface area (Å²) in [4.78, 5) is 23.1. The van der Waals surface area contributed by atoms with Gasteiger partial charge in [-0.3, -0.25) is 4.79 Å². The molecule has 1 aromatic carbocycles. The summed E-state index contributed by atoms with van der Waals surface area (Å²) < 4.78 is 20.7. The highest BCUT2D eigenvalue weighted by molar-refractivity contribution is 5.96. The van der Waals surface area contributed by atoms with Gasteiger partial charge in [0.05, 0.1) is 18.5 Å². The molecule has 1 amide bonds. The molecule has 5 rings (SSSR count). The van der Waals surface area contributed by atoms with Crippen molar-refractivity contribution in [1.29, 1.82) is 0 Å². The molecule has 144 valence electrons. The number of aromatic nitrogens is 2. The van der Waals surface area contributed by atoms with Gasteiger partial charge in [0.2, 0.25) is 11.5 Å². The Hall–Kier alpha value is -2.96. The number of anilines is 1. The van der Waals surface area contributed by atoms with Crippen molar-refractivity contribution in [3.63, 3.8) is 0 Å². The molecule has 1 saturated heterocycles. The molecule has 7 heteroatoms. The highest BCUT2D eigenvalue weighted by Gasteiger charge is 2.48. The largest absolute Gasteiger partial charge is 0.443 e. The lowest BCUT2D eigenvalue weighted by Gasteiger charge is -2.44. The molecule has 1 aliphatic heterocycles. The number of nitrogens with zero attached hydrogens (tertiary/aromatic N) is 3. The molecule has 0 bridgehead atoms. The van der Waals surface area contributed by atoms with Crippen LogP contribution in [0.2, 0.25) is 0 Å². The molecule has 0 radical (unpaired) electrons. The third-order valence-corrected chi connectivity index (χ3v) is 5.59. The van der Waals surface area contributed by atoms with Crippen LogP contribution in [0.4, 0.5) is 10.2 Å². The highest BCUT2D eigenvalue weighted by Crippen LogP contribution is 2.40. The van der Waals surface area contributed by atoms with E-state index in [0.29, 0.717) is 22.9 Å². The fourth-order valence-electron chi connectivity index (χ4n) is 3.59. The topological polar surface area (TPSA) is 71.3 Å². The van der Waals surface area contributed by atoms with Crippen LogP contribution in [-0.4, -0.2) is 39.4 Å². The Balaban J connectivity index is 1.42. The fraction of sp³-hybridized carbons (Fsp3) is 0.381. The summed E-state index contributed by atoms with van der Waals surface area (Å²) in [6, 6.07) is 10.8. The molecule has 0 atom stereocenters. The zero-order valence-corrected chi connectivity index (χ0v) is 15.8. The monoisotopic (exact) mass is 380 g/mol. The normalized spacial score (nSPS) is 19.3. The first-order chi connectivity index (χ1) is 13.4. The van der Waals surface area contributed by atoms with E-state index in [1.165, 1.54) is 4.90 Å². The number of carbonyl (C=O) groups is 1. The molecule has 1 saturated carbocycles. The number of likely N-dealkylation sites (tertiary alicyclic amines) is 1. The molecule has 3 aromatic rings. The molecule has 2 aromatic heterocycles. The molecule has 6 nitrogen and oxygen atoms in total. The van der Waals surface area contributed by atoms with Crippen LogP contribution in [0, 0.1) is 6.92 Å². The minimum atomic E-state index is -1.52. The van der Waals surface area contributed by atoms with Crippen LogP contribution in [0.15, 0.2) is 40.8 Å². The lowest BCUT2D eigenvalue weighted by atomic mass is 9.88. The number of rotatable bonds is 4. The molecule has 0 spiro atoms.